The maximum atomic E-state index is 12.8. The third-order valence-corrected chi connectivity index (χ3v) is 3.55. The molecule has 0 radical (unpaired) electrons. The molecule has 0 bridgehead atoms. The van der Waals surface area contributed by atoms with Crippen LogP contribution in [0, 0.1) is 0 Å². The van der Waals surface area contributed by atoms with Crippen molar-refractivity contribution in [2.45, 2.75) is 31.7 Å². The van der Waals surface area contributed by atoms with Crippen molar-refractivity contribution in [3.05, 3.63) is 35.4 Å². The van der Waals surface area contributed by atoms with Crippen molar-refractivity contribution in [2.24, 2.45) is 0 Å². The fourth-order valence-electron chi connectivity index (χ4n) is 2.11. The van der Waals surface area contributed by atoms with Crippen LogP contribution in [0.15, 0.2) is 24.5 Å². The lowest BCUT2D eigenvalue weighted by Gasteiger charge is -2.24. The Kier molecular flexibility index (Phi) is 3.56. The van der Waals surface area contributed by atoms with Gasteiger partial charge in [0, 0.05) is 18.2 Å². The highest BCUT2D eigenvalue weighted by Crippen LogP contribution is 2.41. The number of rotatable bonds is 4. The second kappa shape index (κ2) is 5.36. The summed E-state index contributed by atoms with van der Waals surface area (Å²) in [6, 6.07) is 3.15. The van der Waals surface area contributed by atoms with Gasteiger partial charge in [-0.3, -0.25) is 0 Å². The van der Waals surface area contributed by atoms with E-state index in [1.807, 2.05) is 0 Å². The lowest BCUT2D eigenvalue weighted by Crippen LogP contribution is -2.11. The molecule has 0 atom stereocenters. The van der Waals surface area contributed by atoms with Gasteiger partial charge in [-0.2, -0.15) is 13.9 Å². The Morgan fingerprint density at radius 2 is 2.20 bits per heavy atom. The number of aromatic nitrogens is 3. The van der Waals surface area contributed by atoms with E-state index in [-0.39, 0.29) is 11.1 Å². The highest BCUT2D eigenvalue weighted by atomic mass is 35.5. The van der Waals surface area contributed by atoms with E-state index >= 15 is 0 Å². The summed E-state index contributed by atoms with van der Waals surface area (Å²) in [4.78, 5) is 3.84. The normalized spacial score (nSPS) is 15.4. The maximum Gasteiger partial charge on any atom is 0.333 e. The van der Waals surface area contributed by atoms with Crippen LogP contribution in [0.4, 0.5) is 8.78 Å². The number of hydrogen-bond donors (Lipinski definition) is 0. The van der Waals surface area contributed by atoms with Crippen molar-refractivity contribution in [1.82, 2.24) is 14.8 Å². The van der Waals surface area contributed by atoms with Crippen molar-refractivity contribution in [2.75, 3.05) is 0 Å². The van der Waals surface area contributed by atoms with Gasteiger partial charge < -0.3 is 4.74 Å². The van der Waals surface area contributed by atoms with Crippen molar-refractivity contribution in [3.63, 3.8) is 0 Å². The van der Waals surface area contributed by atoms with Gasteiger partial charge in [-0.05, 0) is 18.9 Å². The number of pyridine rings is 1. The molecule has 2 heterocycles. The van der Waals surface area contributed by atoms with Gasteiger partial charge in [0.25, 0.3) is 0 Å². The van der Waals surface area contributed by atoms with E-state index in [0.717, 1.165) is 19.3 Å². The molecule has 2 aromatic rings. The number of halogens is 3. The van der Waals surface area contributed by atoms with Gasteiger partial charge in [-0.25, -0.2) is 9.67 Å². The predicted molar refractivity (Wildman–Crippen MR) is 69.4 cm³/mol. The summed E-state index contributed by atoms with van der Waals surface area (Å²) in [6.07, 6.45) is 5.72. The van der Waals surface area contributed by atoms with Gasteiger partial charge in [-0.1, -0.05) is 18.0 Å². The molecular weight excluding hydrogens is 288 g/mol. The van der Waals surface area contributed by atoms with Gasteiger partial charge in [0.1, 0.15) is 16.6 Å². The Bertz CT molecular complexity index is 613. The van der Waals surface area contributed by atoms with Gasteiger partial charge in [0.2, 0.25) is 0 Å². The summed E-state index contributed by atoms with van der Waals surface area (Å²) in [5, 5.41) is 4.23. The van der Waals surface area contributed by atoms with E-state index < -0.39 is 6.55 Å². The van der Waals surface area contributed by atoms with Crippen molar-refractivity contribution in [1.29, 1.82) is 0 Å². The largest absolute Gasteiger partial charge is 0.454 e. The second-order valence-corrected chi connectivity index (χ2v) is 5.07. The SMILES string of the molecule is FC(F)n1cc(Oc2ccnc(Cl)c2)c(C2CCC2)n1. The summed E-state index contributed by atoms with van der Waals surface area (Å²) < 4.78 is 31.8. The van der Waals surface area contributed by atoms with Crippen molar-refractivity contribution < 1.29 is 13.5 Å². The standard InChI is InChI=1S/C13H12ClF2N3O/c14-11-6-9(4-5-17-11)20-10-7-19(13(15)16)18-12(10)8-2-1-3-8/h4-8,13H,1-3H2. The number of alkyl halides is 2. The smallest absolute Gasteiger partial charge is 0.333 e. The Hall–Kier alpha value is -1.69. The quantitative estimate of drug-likeness (QED) is 0.786. The number of hydrogen-bond acceptors (Lipinski definition) is 3. The topological polar surface area (TPSA) is 39.9 Å². The molecule has 0 spiro atoms. The number of nitrogens with zero attached hydrogens (tertiary/aromatic N) is 3. The van der Waals surface area contributed by atoms with E-state index in [2.05, 4.69) is 10.1 Å². The monoisotopic (exact) mass is 299 g/mol. The van der Waals surface area contributed by atoms with Crippen LogP contribution in [0.5, 0.6) is 11.5 Å². The predicted octanol–water partition coefficient (Wildman–Crippen LogP) is 4.39. The Labute approximate surface area is 119 Å². The molecule has 1 aliphatic rings. The molecule has 2 aromatic heterocycles. The van der Waals surface area contributed by atoms with Gasteiger partial charge in [-0.15, -0.1) is 0 Å². The van der Waals surface area contributed by atoms with E-state index in [1.165, 1.54) is 18.5 Å². The highest BCUT2D eigenvalue weighted by Gasteiger charge is 2.28. The zero-order valence-electron chi connectivity index (χ0n) is 10.5. The molecule has 0 aromatic carbocycles. The number of ether oxygens (including phenoxy) is 1. The third-order valence-electron chi connectivity index (χ3n) is 3.34. The van der Waals surface area contributed by atoms with E-state index in [0.29, 0.717) is 21.9 Å². The molecule has 7 heteroatoms. The van der Waals surface area contributed by atoms with Crippen LogP contribution in [-0.2, 0) is 0 Å². The van der Waals surface area contributed by atoms with Crippen LogP contribution in [-0.4, -0.2) is 14.8 Å². The Morgan fingerprint density at radius 1 is 1.40 bits per heavy atom. The first-order valence-electron chi connectivity index (χ1n) is 6.30. The Balaban J connectivity index is 1.90. The van der Waals surface area contributed by atoms with Crippen LogP contribution in [0.1, 0.15) is 37.4 Å². The molecule has 1 fully saturated rings. The molecule has 0 aliphatic heterocycles. The first-order valence-corrected chi connectivity index (χ1v) is 6.68. The minimum Gasteiger partial charge on any atom is -0.454 e. The average molecular weight is 300 g/mol. The molecule has 20 heavy (non-hydrogen) atoms. The lowest BCUT2D eigenvalue weighted by atomic mass is 9.83. The summed E-state index contributed by atoms with van der Waals surface area (Å²) in [7, 11) is 0. The minimum atomic E-state index is -2.67. The third kappa shape index (κ3) is 2.60. The zero-order chi connectivity index (χ0) is 14.1. The molecule has 0 saturated heterocycles. The molecule has 0 unspecified atom stereocenters. The summed E-state index contributed by atoms with van der Waals surface area (Å²) in [6.45, 7) is -2.67. The molecule has 0 amide bonds. The summed E-state index contributed by atoms with van der Waals surface area (Å²) in [5.41, 5.74) is 0.587. The molecule has 0 N–H and O–H groups in total. The molecule has 3 rings (SSSR count). The van der Waals surface area contributed by atoms with E-state index in [9.17, 15) is 8.78 Å². The summed E-state index contributed by atoms with van der Waals surface area (Å²) >= 11 is 5.78. The van der Waals surface area contributed by atoms with Gasteiger partial charge in [0.05, 0.1) is 6.20 Å². The fraction of sp³-hybridized carbons (Fsp3) is 0.385. The first kappa shape index (κ1) is 13.3. The molecule has 1 saturated carbocycles. The van der Waals surface area contributed by atoms with Crippen molar-refractivity contribution >= 4 is 11.6 Å². The van der Waals surface area contributed by atoms with Crippen LogP contribution >= 0.6 is 11.6 Å². The molecule has 4 nitrogen and oxygen atoms in total. The van der Waals surface area contributed by atoms with E-state index in [1.54, 1.807) is 6.07 Å². The summed E-state index contributed by atoms with van der Waals surface area (Å²) in [5.74, 6) is 1.01. The van der Waals surface area contributed by atoms with Crippen LogP contribution in [0.3, 0.4) is 0 Å². The average Bonchev–Trinajstić information content (AvgIpc) is 2.71. The Morgan fingerprint density at radius 3 is 2.80 bits per heavy atom. The van der Waals surface area contributed by atoms with Crippen LogP contribution < -0.4 is 4.74 Å². The lowest BCUT2D eigenvalue weighted by molar-refractivity contribution is 0.0556. The molecule has 106 valence electrons. The fourth-order valence-corrected chi connectivity index (χ4v) is 2.27. The zero-order valence-corrected chi connectivity index (χ0v) is 11.2. The first-order chi connectivity index (χ1) is 9.63. The van der Waals surface area contributed by atoms with Gasteiger partial charge in [0.15, 0.2) is 5.75 Å². The van der Waals surface area contributed by atoms with Crippen LogP contribution in [0.2, 0.25) is 5.15 Å². The highest BCUT2D eigenvalue weighted by molar-refractivity contribution is 6.29. The maximum absolute atomic E-state index is 12.8. The van der Waals surface area contributed by atoms with Gasteiger partial charge >= 0.3 is 6.55 Å². The van der Waals surface area contributed by atoms with E-state index in [4.69, 9.17) is 16.3 Å². The molecular formula is C13H12ClF2N3O. The molecule has 1 aliphatic carbocycles. The minimum absolute atomic E-state index is 0.197. The van der Waals surface area contributed by atoms with Crippen molar-refractivity contribution in [3.8, 4) is 11.5 Å². The second-order valence-electron chi connectivity index (χ2n) is 4.68. The van der Waals surface area contributed by atoms with Crippen LogP contribution in [0.25, 0.3) is 0 Å².